The van der Waals surface area contributed by atoms with Crippen LogP contribution in [-0.4, -0.2) is 41.4 Å². The quantitative estimate of drug-likeness (QED) is 0.363. The van der Waals surface area contributed by atoms with Crippen LogP contribution in [0.5, 0.6) is 23.0 Å². The van der Waals surface area contributed by atoms with E-state index in [-0.39, 0.29) is 47.3 Å². The predicted octanol–water partition coefficient (Wildman–Crippen LogP) is 3.87. The zero-order valence-electron chi connectivity index (χ0n) is 22.6. The number of benzene rings is 2. The van der Waals surface area contributed by atoms with Gasteiger partial charge < -0.3 is 29.7 Å². The Morgan fingerprint density at radius 1 is 1.15 bits per heavy atom. The average Bonchev–Trinajstić information content (AvgIpc) is 3.16. The van der Waals surface area contributed by atoms with Crippen molar-refractivity contribution in [1.82, 2.24) is 5.32 Å². The molecule has 4 rings (SSSR count). The summed E-state index contributed by atoms with van der Waals surface area (Å²) in [5, 5.41) is 24.1. The van der Waals surface area contributed by atoms with Crippen molar-refractivity contribution in [2.75, 3.05) is 13.7 Å². The van der Waals surface area contributed by atoms with Gasteiger partial charge in [-0.05, 0) is 63.4 Å². The summed E-state index contributed by atoms with van der Waals surface area (Å²) in [7, 11) is 1.34. The fraction of sp³-hybridized carbons (Fsp3) is 0.300. The number of amides is 1. The number of aliphatic hydroxyl groups excluding tert-OH is 1. The van der Waals surface area contributed by atoms with Crippen LogP contribution in [0.3, 0.4) is 0 Å². The lowest BCUT2D eigenvalue weighted by Gasteiger charge is -2.27. The van der Waals surface area contributed by atoms with Crippen LogP contribution < -0.4 is 19.5 Å². The molecule has 1 aliphatic heterocycles. The lowest BCUT2D eigenvalue weighted by molar-refractivity contribution is -0.123. The van der Waals surface area contributed by atoms with Gasteiger partial charge in [0.15, 0.2) is 17.3 Å². The number of hydrogen-bond donors (Lipinski definition) is 3. The average molecular weight is 532 g/mol. The fourth-order valence-corrected chi connectivity index (χ4v) is 4.98. The molecule has 0 unspecified atom stereocenters. The monoisotopic (exact) mass is 531 g/mol. The van der Waals surface area contributed by atoms with Gasteiger partial charge in [-0.3, -0.25) is 14.4 Å². The normalized spacial score (nSPS) is 17.3. The minimum absolute atomic E-state index is 0.0139. The Morgan fingerprint density at radius 3 is 2.41 bits per heavy atom. The minimum atomic E-state index is -1.63. The number of carbonyl (C=O) groups excluding carboxylic acids is 3. The van der Waals surface area contributed by atoms with Crippen LogP contribution in [-0.2, 0) is 21.5 Å². The lowest BCUT2D eigenvalue weighted by Crippen LogP contribution is -2.38. The van der Waals surface area contributed by atoms with Gasteiger partial charge in [0, 0.05) is 18.7 Å². The van der Waals surface area contributed by atoms with Crippen LogP contribution in [0.4, 0.5) is 0 Å². The Labute approximate surface area is 226 Å². The first kappa shape index (κ1) is 27.3. The number of ketones is 2. The van der Waals surface area contributed by atoms with Crippen molar-refractivity contribution in [3.05, 3.63) is 69.2 Å². The zero-order chi connectivity index (χ0) is 28.6. The highest BCUT2D eigenvalue weighted by atomic mass is 16.5. The van der Waals surface area contributed by atoms with Crippen LogP contribution in [0, 0.1) is 25.7 Å². The van der Waals surface area contributed by atoms with Gasteiger partial charge in [0.2, 0.25) is 0 Å². The molecule has 0 saturated carbocycles. The maximum atomic E-state index is 13.6. The molecule has 202 valence electrons. The van der Waals surface area contributed by atoms with E-state index in [0.29, 0.717) is 5.75 Å². The van der Waals surface area contributed by atoms with Crippen LogP contribution in [0.1, 0.15) is 53.4 Å². The number of aliphatic hydroxyl groups is 1. The van der Waals surface area contributed by atoms with Gasteiger partial charge in [0.05, 0.1) is 12.7 Å². The van der Waals surface area contributed by atoms with E-state index in [2.05, 4.69) is 17.2 Å². The molecular formula is C30H29NO8. The van der Waals surface area contributed by atoms with Crippen molar-refractivity contribution >= 4 is 17.5 Å². The molecule has 0 saturated heterocycles. The largest absolute Gasteiger partial charge is 0.507 e. The summed E-state index contributed by atoms with van der Waals surface area (Å²) in [6.45, 7) is 8.63. The fourth-order valence-electron chi connectivity index (χ4n) is 4.98. The number of nitrogens with one attached hydrogen (secondary N) is 1. The molecule has 1 heterocycles. The number of ether oxygens (including phenoxy) is 3. The zero-order valence-corrected chi connectivity index (χ0v) is 22.6. The molecule has 1 aliphatic carbocycles. The van der Waals surface area contributed by atoms with E-state index in [1.807, 2.05) is 26.0 Å². The number of Topliss-reactive ketones (excluding diaryl/α,β-unsaturated/α-hetero) is 2. The van der Waals surface area contributed by atoms with Crippen molar-refractivity contribution < 1.29 is 38.8 Å². The third-order valence-corrected chi connectivity index (χ3v) is 7.02. The smallest absolute Gasteiger partial charge is 0.259 e. The summed E-state index contributed by atoms with van der Waals surface area (Å²) < 4.78 is 17.0. The molecule has 1 atom stereocenters. The molecule has 2 aromatic rings. The molecule has 1 amide bonds. The van der Waals surface area contributed by atoms with E-state index in [1.165, 1.54) is 20.1 Å². The number of methoxy groups -OCH3 is 1. The number of fused-ring (bicyclic) bond motifs is 3. The summed E-state index contributed by atoms with van der Waals surface area (Å²) in [6, 6.07) is 4.96. The standard InChI is InChI=1S/C30H29NO8/c1-7-8-9-38-18-10-15(2)19(16(3)11-18)14-31-29(36)25-22(37-6)12-21(34)26-27(25)39-23-13-20(33)24(17(4)32)28(35)30(23,26)5/h10-13,33-34H,9,14H2,1-6H3,(H,31,36)/t30-/m1/s1. The molecule has 9 heteroatoms. The predicted molar refractivity (Wildman–Crippen MR) is 142 cm³/mol. The second kappa shape index (κ2) is 10.2. The summed E-state index contributed by atoms with van der Waals surface area (Å²) in [6.07, 6.45) is 1.16. The van der Waals surface area contributed by atoms with Crippen LogP contribution >= 0.6 is 0 Å². The number of allylic oxidation sites excluding steroid dienone is 3. The van der Waals surface area contributed by atoms with Crippen LogP contribution in [0.25, 0.3) is 0 Å². The molecule has 3 N–H and O–H groups in total. The second-order valence-electron chi connectivity index (χ2n) is 9.49. The SMILES string of the molecule is CC#CCOc1cc(C)c(CNC(=O)c2c(OC)cc(O)c3c2OC2=CC(O)=C(C(C)=O)C(=O)[C@]23C)c(C)c1. The molecule has 0 aromatic heterocycles. The topological polar surface area (TPSA) is 131 Å². The Balaban J connectivity index is 1.70. The highest BCUT2D eigenvalue weighted by Gasteiger charge is 2.55. The molecule has 0 radical (unpaired) electrons. The molecule has 0 bridgehead atoms. The van der Waals surface area contributed by atoms with E-state index in [4.69, 9.17) is 14.2 Å². The summed E-state index contributed by atoms with van der Waals surface area (Å²) in [5.41, 5.74) is 0.638. The van der Waals surface area contributed by atoms with Gasteiger partial charge in [-0.25, -0.2) is 0 Å². The Bertz CT molecular complexity index is 1530. The Morgan fingerprint density at radius 2 is 1.82 bits per heavy atom. The van der Waals surface area contributed by atoms with Crippen molar-refractivity contribution in [2.45, 2.75) is 46.6 Å². The maximum Gasteiger partial charge on any atom is 0.259 e. The Kier molecular flexibility index (Phi) is 7.16. The number of phenolic OH excluding ortho intramolecular Hbond substituents is 1. The van der Waals surface area contributed by atoms with Gasteiger partial charge in [0.1, 0.15) is 51.9 Å². The lowest BCUT2D eigenvalue weighted by atomic mass is 9.71. The number of carbonyl (C=O) groups is 3. The molecule has 9 nitrogen and oxygen atoms in total. The third-order valence-electron chi connectivity index (χ3n) is 7.02. The number of aromatic hydroxyl groups is 1. The van der Waals surface area contributed by atoms with Crippen LogP contribution in [0.2, 0.25) is 0 Å². The second-order valence-corrected chi connectivity index (χ2v) is 9.49. The first-order valence-corrected chi connectivity index (χ1v) is 12.2. The van der Waals surface area contributed by atoms with Gasteiger partial charge in [-0.1, -0.05) is 5.92 Å². The van der Waals surface area contributed by atoms with Crippen molar-refractivity contribution in [3.8, 4) is 34.8 Å². The number of phenols is 1. The van der Waals surface area contributed by atoms with Gasteiger partial charge in [0.25, 0.3) is 5.91 Å². The molecule has 39 heavy (non-hydrogen) atoms. The number of aryl methyl sites for hydroxylation is 2. The van der Waals surface area contributed by atoms with E-state index in [1.54, 1.807) is 6.92 Å². The highest BCUT2D eigenvalue weighted by molar-refractivity contribution is 6.25. The van der Waals surface area contributed by atoms with Crippen molar-refractivity contribution in [1.29, 1.82) is 0 Å². The minimum Gasteiger partial charge on any atom is -0.507 e. The first-order chi connectivity index (χ1) is 18.4. The van der Waals surface area contributed by atoms with Gasteiger partial charge in [-0.2, -0.15) is 0 Å². The van der Waals surface area contributed by atoms with E-state index in [0.717, 1.165) is 29.7 Å². The summed E-state index contributed by atoms with van der Waals surface area (Å²) >= 11 is 0. The van der Waals surface area contributed by atoms with E-state index >= 15 is 0 Å². The van der Waals surface area contributed by atoms with Gasteiger partial charge in [-0.15, -0.1) is 5.92 Å². The van der Waals surface area contributed by atoms with E-state index in [9.17, 15) is 24.6 Å². The third kappa shape index (κ3) is 4.48. The molecule has 2 aliphatic rings. The first-order valence-electron chi connectivity index (χ1n) is 12.2. The number of rotatable bonds is 7. The number of hydrogen-bond acceptors (Lipinski definition) is 8. The molecule has 2 aromatic carbocycles. The van der Waals surface area contributed by atoms with E-state index < -0.39 is 34.2 Å². The molecule has 0 fully saturated rings. The summed E-state index contributed by atoms with van der Waals surface area (Å²) in [5.74, 6) is 3.39. The molecular weight excluding hydrogens is 502 g/mol. The summed E-state index contributed by atoms with van der Waals surface area (Å²) in [4.78, 5) is 39.1. The van der Waals surface area contributed by atoms with Crippen LogP contribution in [0.15, 0.2) is 41.4 Å². The van der Waals surface area contributed by atoms with Crippen molar-refractivity contribution in [3.63, 3.8) is 0 Å². The maximum absolute atomic E-state index is 13.6. The molecule has 0 spiro atoms. The van der Waals surface area contributed by atoms with Gasteiger partial charge >= 0.3 is 0 Å². The Hall–Kier alpha value is -4.71. The highest BCUT2D eigenvalue weighted by Crippen LogP contribution is 2.56. The van der Waals surface area contributed by atoms with Crippen molar-refractivity contribution in [2.24, 2.45) is 0 Å².